The van der Waals surface area contributed by atoms with Crippen LogP contribution in [0.25, 0.3) is 0 Å². The summed E-state index contributed by atoms with van der Waals surface area (Å²) in [5, 5.41) is 2.77. The number of hydrogen-bond donors (Lipinski definition) is 1. The smallest absolute Gasteiger partial charge is 0.255 e. The number of carbonyl (C=O) groups excluding carboxylic acids is 1. The van der Waals surface area contributed by atoms with Gasteiger partial charge in [-0.1, -0.05) is 6.07 Å². The second kappa shape index (κ2) is 6.64. The minimum absolute atomic E-state index is 0.257. The molecule has 0 unspecified atom stereocenters. The van der Waals surface area contributed by atoms with Crippen molar-refractivity contribution in [2.45, 2.75) is 0 Å². The fourth-order valence-electron chi connectivity index (χ4n) is 2.58. The highest BCUT2D eigenvalue weighted by Crippen LogP contribution is 2.35. The SMILES string of the molecule is COc1cccc(C(=O)Nc2ccc3c(c2)OCCN3S(C)(=O)=O)c1. The van der Waals surface area contributed by atoms with Crippen LogP contribution in [0.1, 0.15) is 10.4 Å². The molecule has 0 spiro atoms. The number of amides is 1. The Morgan fingerprint density at radius 1 is 1.24 bits per heavy atom. The Kier molecular flexibility index (Phi) is 4.54. The van der Waals surface area contributed by atoms with Crippen molar-refractivity contribution in [3.63, 3.8) is 0 Å². The normalized spacial score (nSPS) is 13.6. The highest BCUT2D eigenvalue weighted by molar-refractivity contribution is 7.92. The van der Waals surface area contributed by atoms with E-state index in [1.807, 2.05) is 0 Å². The van der Waals surface area contributed by atoms with E-state index in [2.05, 4.69) is 5.32 Å². The first-order valence-electron chi connectivity index (χ1n) is 7.58. The Hall–Kier alpha value is -2.74. The maximum atomic E-state index is 12.4. The summed E-state index contributed by atoms with van der Waals surface area (Å²) in [6.45, 7) is 0.523. The third kappa shape index (κ3) is 3.69. The predicted molar refractivity (Wildman–Crippen MR) is 95.1 cm³/mol. The third-order valence-electron chi connectivity index (χ3n) is 3.77. The molecule has 0 bridgehead atoms. The summed E-state index contributed by atoms with van der Waals surface area (Å²) in [6.07, 6.45) is 1.15. The van der Waals surface area contributed by atoms with Crippen molar-refractivity contribution in [2.75, 3.05) is 36.1 Å². The van der Waals surface area contributed by atoms with Crippen molar-refractivity contribution in [2.24, 2.45) is 0 Å². The number of fused-ring (bicyclic) bond motifs is 1. The van der Waals surface area contributed by atoms with Gasteiger partial charge in [0.15, 0.2) is 0 Å². The summed E-state index contributed by atoms with van der Waals surface area (Å²) in [5.41, 5.74) is 1.44. The fraction of sp³-hybridized carbons (Fsp3) is 0.235. The van der Waals surface area contributed by atoms with Crippen LogP contribution in [-0.2, 0) is 10.0 Å². The molecular weight excluding hydrogens is 344 g/mol. The van der Waals surface area contributed by atoms with Crippen LogP contribution in [0.2, 0.25) is 0 Å². The van der Waals surface area contributed by atoms with Crippen molar-refractivity contribution in [3.8, 4) is 11.5 Å². The molecule has 1 amide bonds. The average molecular weight is 362 g/mol. The van der Waals surface area contributed by atoms with Gasteiger partial charge in [-0.3, -0.25) is 9.10 Å². The standard InChI is InChI=1S/C17H18N2O5S/c1-23-14-5-3-4-12(10-14)17(20)18-13-6-7-15-16(11-13)24-9-8-19(15)25(2,21)22/h3-7,10-11H,8-9H2,1-2H3,(H,18,20). The second-order valence-corrected chi connectivity index (χ2v) is 7.46. The van der Waals surface area contributed by atoms with Crippen molar-refractivity contribution in [1.82, 2.24) is 0 Å². The largest absolute Gasteiger partial charge is 0.497 e. The Balaban J connectivity index is 1.84. The molecule has 8 heteroatoms. The Bertz CT molecular complexity index is 911. The van der Waals surface area contributed by atoms with Gasteiger partial charge in [0.1, 0.15) is 18.1 Å². The van der Waals surface area contributed by atoms with E-state index in [0.717, 1.165) is 6.26 Å². The summed E-state index contributed by atoms with van der Waals surface area (Å²) in [5.74, 6) is 0.708. The number of carbonyl (C=O) groups is 1. The molecule has 1 heterocycles. The predicted octanol–water partition coefficient (Wildman–Crippen LogP) is 2.11. The third-order valence-corrected chi connectivity index (χ3v) is 4.95. The minimum Gasteiger partial charge on any atom is -0.497 e. The maximum absolute atomic E-state index is 12.4. The van der Waals surface area contributed by atoms with Crippen molar-refractivity contribution in [3.05, 3.63) is 48.0 Å². The molecule has 0 atom stereocenters. The molecule has 1 aliphatic rings. The number of benzene rings is 2. The molecule has 0 aromatic heterocycles. The molecule has 2 aromatic rings. The molecule has 7 nitrogen and oxygen atoms in total. The van der Waals surface area contributed by atoms with E-state index < -0.39 is 10.0 Å². The van der Waals surface area contributed by atoms with E-state index in [1.54, 1.807) is 42.5 Å². The van der Waals surface area contributed by atoms with Crippen LogP contribution in [0.5, 0.6) is 11.5 Å². The highest BCUT2D eigenvalue weighted by atomic mass is 32.2. The van der Waals surface area contributed by atoms with Crippen LogP contribution < -0.4 is 19.1 Å². The molecule has 3 rings (SSSR count). The number of rotatable bonds is 4. The minimum atomic E-state index is -3.37. The van der Waals surface area contributed by atoms with Crippen LogP contribution in [0.3, 0.4) is 0 Å². The number of nitrogens with one attached hydrogen (secondary N) is 1. The number of ether oxygens (including phenoxy) is 2. The summed E-state index contributed by atoms with van der Waals surface area (Å²) >= 11 is 0. The average Bonchev–Trinajstić information content (AvgIpc) is 2.60. The molecule has 0 fully saturated rings. The molecule has 0 radical (unpaired) electrons. The summed E-state index contributed by atoms with van der Waals surface area (Å²) in [4.78, 5) is 12.4. The van der Waals surface area contributed by atoms with Gasteiger partial charge in [0.25, 0.3) is 5.91 Å². The molecule has 132 valence electrons. The monoisotopic (exact) mass is 362 g/mol. The lowest BCUT2D eigenvalue weighted by Gasteiger charge is -2.29. The zero-order valence-corrected chi connectivity index (χ0v) is 14.7. The lowest BCUT2D eigenvalue weighted by Crippen LogP contribution is -2.37. The fourth-order valence-corrected chi connectivity index (χ4v) is 3.50. The van der Waals surface area contributed by atoms with E-state index in [9.17, 15) is 13.2 Å². The summed E-state index contributed by atoms with van der Waals surface area (Å²) < 4.78 is 35.6. The van der Waals surface area contributed by atoms with Gasteiger partial charge in [-0.05, 0) is 30.3 Å². The van der Waals surface area contributed by atoms with Crippen LogP contribution in [0.4, 0.5) is 11.4 Å². The van der Waals surface area contributed by atoms with Crippen LogP contribution >= 0.6 is 0 Å². The summed E-state index contributed by atoms with van der Waals surface area (Å²) in [7, 11) is -1.84. The Morgan fingerprint density at radius 2 is 2.04 bits per heavy atom. The Morgan fingerprint density at radius 3 is 2.76 bits per heavy atom. The van der Waals surface area contributed by atoms with Crippen LogP contribution in [0.15, 0.2) is 42.5 Å². The molecule has 25 heavy (non-hydrogen) atoms. The first-order valence-corrected chi connectivity index (χ1v) is 9.43. The number of nitrogens with zero attached hydrogens (tertiary/aromatic N) is 1. The topological polar surface area (TPSA) is 84.9 Å². The molecule has 0 saturated carbocycles. The molecule has 0 aliphatic carbocycles. The van der Waals surface area contributed by atoms with E-state index in [-0.39, 0.29) is 19.1 Å². The van der Waals surface area contributed by atoms with Gasteiger partial charge >= 0.3 is 0 Å². The van der Waals surface area contributed by atoms with Crippen LogP contribution in [-0.4, -0.2) is 40.8 Å². The number of methoxy groups -OCH3 is 1. The van der Waals surface area contributed by atoms with Gasteiger partial charge in [0, 0.05) is 17.3 Å². The van der Waals surface area contributed by atoms with Crippen molar-refractivity contribution < 1.29 is 22.7 Å². The van der Waals surface area contributed by atoms with E-state index in [1.165, 1.54) is 11.4 Å². The summed E-state index contributed by atoms with van der Waals surface area (Å²) in [6, 6.07) is 11.7. The van der Waals surface area contributed by atoms with Crippen molar-refractivity contribution in [1.29, 1.82) is 0 Å². The lowest BCUT2D eigenvalue weighted by atomic mass is 10.2. The zero-order valence-electron chi connectivity index (χ0n) is 13.9. The molecule has 0 saturated heterocycles. The van der Waals surface area contributed by atoms with Gasteiger partial charge in [-0.25, -0.2) is 8.42 Å². The van der Waals surface area contributed by atoms with Crippen LogP contribution in [0, 0.1) is 0 Å². The van der Waals surface area contributed by atoms with E-state index in [0.29, 0.717) is 28.4 Å². The van der Waals surface area contributed by atoms with Gasteiger partial charge in [0.2, 0.25) is 10.0 Å². The number of anilines is 2. The molecule has 2 aromatic carbocycles. The number of sulfonamides is 1. The lowest BCUT2D eigenvalue weighted by molar-refractivity contribution is 0.102. The van der Waals surface area contributed by atoms with Gasteiger partial charge < -0.3 is 14.8 Å². The van der Waals surface area contributed by atoms with Gasteiger partial charge in [-0.2, -0.15) is 0 Å². The maximum Gasteiger partial charge on any atom is 0.255 e. The highest BCUT2D eigenvalue weighted by Gasteiger charge is 2.25. The van der Waals surface area contributed by atoms with E-state index >= 15 is 0 Å². The quantitative estimate of drug-likeness (QED) is 0.900. The van der Waals surface area contributed by atoms with E-state index in [4.69, 9.17) is 9.47 Å². The number of hydrogen-bond acceptors (Lipinski definition) is 5. The van der Waals surface area contributed by atoms with Gasteiger partial charge in [0.05, 0.1) is 25.6 Å². The van der Waals surface area contributed by atoms with Crippen molar-refractivity contribution >= 4 is 27.3 Å². The Labute approximate surface area is 146 Å². The zero-order chi connectivity index (χ0) is 18.0. The first-order chi connectivity index (χ1) is 11.9. The molecule has 1 N–H and O–H groups in total. The second-order valence-electron chi connectivity index (χ2n) is 5.55. The molecular formula is C17H18N2O5S. The molecule has 1 aliphatic heterocycles. The first kappa shape index (κ1) is 17.1. The van der Waals surface area contributed by atoms with Gasteiger partial charge in [-0.15, -0.1) is 0 Å².